The Morgan fingerprint density at radius 3 is 2.50 bits per heavy atom. The molecule has 0 aromatic rings. The summed E-state index contributed by atoms with van der Waals surface area (Å²) in [5, 5.41) is 2.67. The summed E-state index contributed by atoms with van der Waals surface area (Å²) < 4.78 is 4.94. The lowest BCUT2D eigenvalue weighted by atomic mass is 10.2. The summed E-state index contributed by atoms with van der Waals surface area (Å²) in [6, 6.07) is -0.0812. The van der Waals surface area contributed by atoms with E-state index >= 15 is 0 Å². The fraction of sp³-hybridized carbons (Fsp3) is 0.667. The molecule has 1 heterocycles. The molecule has 0 spiro atoms. The molecule has 126 valence electrons. The molecule has 7 heteroatoms. The second kappa shape index (κ2) is 9.94. The van der Waals surface area contributed by atoms with Crippen LogP contribution in [0.2, 0.25) is 0 Å². The lowest BCUT2D eigenvalue weighted by Gasteiger charge is -2.16. The molecule has 0 aromatic heterocycles. The van der Waals surface area contributed by atoms with Gasteiger partial charge in [-0.3, -0.25) is 9.79 Å². The van der Waals surface area contributed by atoms with E-state index in [2.05, 4.69) is 16.9 Å². The lowest BCUT2D eigenvalue weighted by molar-refractivity contribution is -0.418. The van der Waals surface area contributed by atoms with E-state index in [9.17, 15) is 9.59 Å². The Bertz CT molecular complexity index is 391. The maximum Gasteiger partial charge on any atom is 0.415 e. The summed E-state index contributed by atoms with van der Waals surface area (Å²) in [6.45, 7) is 10.8. The van der Waals surface area contributed by atoms with Crippen molar-refractivity contribution in [1.82, 2.24) is 15.1 Å². The highest BCUT2D eigenvalue weighted by Crippen LogP contribution is 2.10. The minimum absolute atomic E-state index is 0.0417. The van der Waals surface area contributed by atoms with Gasteiger partial charge in [-0.15, -0.1) is 0 Å². The number of hydrogen-bond donors (Lipinski definition) is 2. The van der Waals surface area contributed by atoms with E-state index in [4.69, 9.17) is 4.74 Å². The van der Waals surface area contributed by atoms with Crippen LogP contribution in [0.1, 0.15) is 27.2 Å². The first kappa shape index (κ1) is 20.1. The Balaban J connectivity index is 0.000000626. The van der Waals surface area contributed by atoms with Crippen molar-refractivity contribution < 1.29 is 19.3 Å². The van der Waals surface area contributed by atoms with Crippen LogP contribution in [-0.4, -0.2) is 67.5 Å². The largest absolute Gasteiger partial charge is 0.415 e. The van der Waals surface area contributed by atoms with Gasteiger partial charge in [0.15, 0.2) is 0 Å². The zero-order valence-electron chi connectivity index (χ0n) is 14.3. The molecule has 1 saturated heterocycles. The first-order chi connectivity index (χ1) is 10.3. The lowest BCUT2D eigenvalue weighted by Crippen LogP contribution is -2.66. The zero-order chi connectivity index (χ0) is 17.2. The number of rotatable bonds is 4. The number of urea groups is 1. The predicted molar refractivity (Wildman–Crippen MR) is 86.3 cm³/mol. The number of likely N-dealkylation sites (tertiary alicyclic amines) is 1. The van der Waals surface area contributed by atoms with E-state index in [1.54, 1.807) is 19.1 Å². The zero-order valence-corrected chi connectivity index (χ0v) is 14.3. The molecule has 1 fully saturated rings. The normalized spacial score (nSPS) is 17.7. The van der Waals surface area contributed by atoms with Crippen LogP contribution < -0.4 is 10.3 Å². The average Bonchev–Trinajstić information content (AvgIpc) is 2.93. The summed E-state index contributed by atoms with van der Waals surface area (Å²) in [6.07, 6.45) is 4.44. The third-order valence-corrected chi connectivity index (χ3v) is 3.06. The molecule has 1 aliphatic heterocycles. The first-order valence-electron chi connectivity index (χ1n) is 7.24. The van der Waals surface area contributed by atoms with Crippen LogP contribution in [0.15, 0.2) is 12.8 Å². The van der Waals surface area contributed by atoms with Crippen LogP contribution in [-0.2, 0) is 9.53 Å². The Labute approximate surface area is 133 Å². The molecule has 2 N–H and O–H groups in total. The molecule has 3 amide bonds. The van der Waals surface area contributed by atoms with Gasteiger partial charge in [0.05, 0.1) is 18.8 Å². The van der Waals surface area contributed by atoms with Crippen molar-refractivity contribution >= 4 is 18.8 Å². The van der Waals surface area contributed by atoms with Crippen molar-refractivity contribution in [3.63, 3.8) is 0 Å². The van der Waals surface area contributed by atoms with E-state index in [-0.39, 0.29) is 17.7 Å². The second-order valence-corrected chi connectivity index (χ2v) is 5.82. The topological polar surface area (TPSA) is 75.9 Å². The SMILES string of the molecule is C=CN(C=[NH+]C)C(=O)N1CCC(NC=O)C1.COC(C)(C)C. The van der Waals surface area contributed by atoms with Gasteiger partial charge in [-0.25, -0.2) is 4.79 Å². The average molecular weight is 313 g/mol. The highest BCUT2D eigenvalue weighted by atomic mass is 16.5. The summed E-state index contributed by atoms with van der Waals surface area (Å²) in [5.74, 6) is 0. The van der Waals surface area contributed by atoms with E-state index in [1.807, 2.05) is 20.8 Å². The summed E-state index contributed by atoms with van der Waals surface area (Å²) >= 11 is 0. The molecule has 0 radical (unpaired) electrons. The standard InChI is InChI=1S/C10H16N4O2.C5H12O/c1-3-13(7-11-2)10(16)14-5-4-9(6-14)12-8-15;1-5(2,3)6-4/h3,7-9H,1,4-6H2,2H3,(H,12,15);1-4H3/p+1. The minimum Gasteiger partial charge on any atom is -0.379 e. The number of nitrogens with zero attached hydrogens (tertiary/aromatic N) is 2. The number of amides is 3. The van der Waals surface area contributed by atoms with Gasteiger partial charge in [-0.2, -0.15) is 4.90 Å². The fourth-order valence-electron chi connectivity index (χ4n) is 1.65. The quantitative estimate of drug-likeness (QED) is 0.419. The molecule has 0 aliphatic carbocycles. The van der Waals surface area contributed by atoms with E-state index in [1.165, 1.54) is 17.4 Å². The number of hydrogen-bond acceptors (Lipinski definition) is 3. The maximum atomic E-state index is 11.9. The highest BCUT2D eigenvalue weighted by molar-refractivity contribution is 5.86. The number of carbonyl (C=O) groups excluding carboxylic acids is 2. The summed E-state index contributed by atoms with van der Waals surface area (Å²) in [5.41, 5.74) is 0.0417. The van der Waals surface area contributed by atoms with Crippen molar-refractivity contribution in [3.05, 3.63) is 12.8 Å². The van der Waals surface area contributed by atoms with Crippen LogP contribution in [0.25, 0.3) is 0 Å². The van der Waals surface area contributed by atoms with Gasteiger partial charge < -0.3 is 15.0 Å². The Morgan fingerprint density at radius 1 is 1.50 bits per heavy atom. The van der Waals surface area contributed by atoms with Crippen LogP contribution in [0.3, 0.4) is 0 Å². The minimum atomic E-state index is -0.139. The highest BCUT2D eigenvalue weighted by Gasteiger charge is 2.30. The van der Waals surface area contributed by atoms with E-state index in [0.717, 1.165) is 6.42 Å². The Morgan fingerprint density at radius 2 is 2.09 bits per heavy atom. The van der Waals surface area contributed by atoms with E-state index in [0.29, 0.717) is 19.5 Å². The molecule has 1 atom stereocenters. The summed E-state index contributed by atoms with van der Waals surface area (Å²) in [7, 11) is 3.42. The smallest absolute Gasteiger partial charge is 0.379 e. The summed E-state index contributed by atoms with van der Waals surface area (Å²) in [4.78, 5) is 28.0. The maximum absolute atomic E-state index is 11.9. The molecule has 7 nitrogen and oxygen atoms in total. The molecule has 0 aromatic carbocycles. The van der Waals surface area contributed by atoms with Gasteiger partial charge in [-0.1, -0.05) is 6.58 Å². The van der Waals surface area contributed by atoms with Gasteiger partial charge in [0.2, 0.25) is 12.7 Å². The van der Waals surface area contributed by atoms with Gasteiger partial charge >= 0.3 is 6.03 Å². The van der Waals surface area contributed by atoms with Crippen LogP contribution in [0, 0.1) is 0 Å². The molecule has 1 unspecified atom stereocenters. The van der Waals surface area contributed by atoms with Gasteiger partial charge in [0, 0.05) is 26.2 Å². The third-order valence-electron chi connectivity index (χ3n) is 3.06. The van der Waals surface area contributed by atoms with E-state index < -0.39 is 0 Å². The van der Waals surface area contributed by atoms with Crippen molar-refractivity contribution in [2.45, 2.75) is 38.8 Å². The number of ether oxygens (including phenoxy) is 1. The second-order valence-electron chi connectivity index (χ2n) is 5.82. The van der Waals surface area contributed by atoms with Crippen LogP contribution in [0.4, 0.5) is 4.79 Å². The molecule has 0 saturated carbocycles. The number of methoxy groups -OCH3 is 1. The fourth-order valence-corrected chi connectivity index (χ4v) is 1.65. The van der Waals surface area contributed by atoms with Gasteiger partial charge in [0.25, 0.3) is 0 Å². The number of nitrogens with one attached hydrogen (secondary N) is 2. The van der Waals surface area contributed by atoms with Crippen molar-refractivity contribution in [2.75, 3.05) is 27.2 Å². The predicted octanol–water partition coefficient (Wildman–Crippen LogP) is -0.458. The first-order valence-corrected chi connectivity index (χ1v) is 7.24. The molecule has 1 rings (SSSR count). The van der Waals surface area contributed by atoms with Crippen LogP contribution >= 0.6 is 0 Å². The molecular weight excluding hydrogens is 284 g/mol. The van der Waals surface area contributed by atoms with Gasteiger partial charge in [0.1, 0.15) is 0 Å². The molecular formula is C15H29N4O3+. The Hall–Kier alpha value is -1.89. The third kappa shape index (κ3) is 7.78. The number of carbonyl (C=O) groups is 2. The van der Waals surface area contributed by atoms with Gasteiger partial charge in [-0.05, 0) is 27.2 Å². The molecule has 0 bridgehead atoms. The van der Waals surface area contributed by atoms with Crippen LogP contribution in [0.5, 0.6) is 0 Å². The van der Waals surface area contributed by atoms with Crippen molar-refractivity contribution in [3.8, 4) is 0 Å². The van der Waals surface area contributed by atoms with Crippen molar-refractivity contribution in [1.29, 1.82) is 0 Å². The molecule has 1 aliphatic rings. The Kier molecular flexibility index (Phi) is 9.09. The van der Waals surface area contributed by atoms with Crippen molar-refractivity contribution in [2.24, 2.45) is 0 Å². The molecule has 22 heavy (non-hydrogen) atoms. The monoisotopic (exact) mass is 313 g/mol.